The summed E-state index contributed by atoms with van der Waals surface area (Å²) < 4.78 is 38.2. The molecule has 148 valence electrons. The molecule has 1 aromatic heterocycles. The SMILES string of the molecule is Cc1ccc(/C=C/C(=O)N2CCN(c3ncc(C(F)(F)F)cc3Cl)CC2)cc1. The number of carbonyl (C=O) groups excluding carboxylic acids is 1. The Morgan fingerprint density at radius 2 is 1.79 bits per heavy atom. The van der Waals surface area contributed by atoms with E-state index in [2.05, 4.69) is 4.98 Å². The monoisotopic (exact) mass is 409 g/mol. The fourth-order valence-corrected chi connectivity index (χ4v) is 3.19. The van der Waals surface area contributed by atoms with Gasteiger partial charge in [0.25, 0.3) is 0 Å². The number of amides is 1. The van der Waals surface area contributed by atoms with Crippen LogP contribution in [0.25, 0.3) is 6.08 Å². The van der Waals surface area contributed by atoms with Gasteiger partial charge in [-0.2, -0.15) is 13.2 Å². The first-order chi connectivity index (χ1) is 13.2. The summed E-state index contributed by atoms with van der Waals surface area (Å²) in [5.41, 5.74) is 1.21. The van der Waals surface area contributed by atoms with Gasteiger partial charge in [0, 0.05) is 38.5 Å². The average Bonchev–Trinajstić information content (AvgIpc) is 2.67. The van der Waals surface area contributed by atoms with Crippen molar-refractivity contribution >= 4 is 29.4 Å². The predicted molar refractivity (Wildman–Crippen MR) is 103 cm³/mol. The van der Waals surface area contributed by atoms with Crippen LogP contribution in [0.2, 0.25) is 5.02 Å². The summed E-state index contributed by atoms with van der Waals surface area (Å²) in [6.07, 6.45) is -0.404. The lowest BCUT2D eigenvalue weighted by Crippen LogP contribution is -2.48. The van der Waals surface area contributed by atoms with Gasteiger partial charge in [-0.25, -0.2) is 4.98 Å². The standard InChI is InChI=1S/C20H19ClF3N3O/c1-14-2-4-15(5-3-14)6-7-18(28)26-8-10-27(11-9-26)19-17(21)12-16(13-25-19)20(22,23)24/h2-7,12-13H,8-11H2,1H3/b7-6+. The first kappa shape index (κ1) is 20.2. The maximum atomic E-state index is 12.7. The Morgan fingerprint density at radius 3 is 2.36 bits per heavy atom. The number of pyridine rings is 1. The zero-order valence-corrected chi connectivity index (χ0v) is 16.0. The lowest BCUT2D eigenvalue weighted by Gasteiger charge is -2.35. The van der Waals surface area contributed by atoms with Crippen molar-refractivity contribution in [3.63, 3.8) is 0 Å². The molecule has 0 saturated carbocycles. The molecule has 0 unspecified atom stereocenters. The fraction of sp³-hybridized carbons (Fsp3) is 0.300. The quantitative estimate of drug-likeness (QED) is 0.704. The molecule has 1 aliphatic rings. The number of nitrogens with zero attached hydrogens (tertiary/aromatic N) is 3. The van der Waals surface area contributed by atoms with Gasteiger partial charge in [0.2, 0.25) is 5.91 Å². The minimum atomic E-state index is -4.48. The summed E-state index contributed by atoms with van der Waals surface area (Å²) in [5.74, 6) is 0.198. The highest BCUT2D eigenvalue weighted by atomic mass is 35.5. The smallest absolute Gasteiger partial charge is 0.352 e. The molecule has 8 heteroatoms. The third-order valence-corrected chi connectivity index (χ3v) is 4.81. The van der Waals surface area contributed by atoms with Crippen LogP contribution in [-0.4, -0.2) is 42.0 Å². The van der Waals surface area contributed by atoms with E-state index in [1.807, 2.05) is 31.2 Å². The fourth-order valence-electron chi connectivity index (χ4n) is 2.91. The average molecular weight is 410 g/mol. The zero-order chi connectivity index (χ0) is 20.3. The van der Waals surface area contributed by atoms with Gasteiger partial charge >= 0.3 is 6.18 Å². The highest BCUT2D eigenvalue weighted by Gasteiger charge is 2.32. The summed E-state index contributed by atoms with van der Waals surface area (Å²) in [5, 5.41) is -0.0473. The topological polar surface area (TPSA) is 36.4 Å². The van der Waals surface area contributed by atoms with E-state index < -0.39 is 11.7 Å². The molecule has 4 nitrogen and oxygen atoms in total. The largest absolute Gasteiger partial charge is 0.417 e. The van der Waals surface area contributed by atoms with Gasteiger partial charge in [0.1, 0.15) is 5.82 Å². The molecular weight excluding hydrogens is 391 g/mol. The number of piperazine rings is 1. The van der Waals surface area contributed by atoms with E-state index in [-0.39, 0.29) is 10.9 Å². The number of rotatable bonds is 3. The van der Waals surface area contributed by atoms with Crippen molar-refractivity contribution in [2.75, 3.05) is 31.1 Å². The summed E-state index contributed by atoms with van der Waals surface area (Å²) in [6.45, 7) is 3.77. The second-order valence-electron chi connectivity index (χ2n) is 6.58. The van der Waals surface area contributed by atoms with Crippen molar-refractivity contribution in [2.45, 2.75) is 13.1 Å². The highest BCUT2D eigenvalue weighted by Crippen LogP contribution is 2.33. The number of aryl methyl sites for hydroxylation is 1. The number of aromatic nitrogens is 1. The molecule has 2 aromatic rings. The molecule has 1 fully saturated rings. The van der Waals surface area contributed by atoms with Crippen LogP contribution in [0.5, 0.6) is 0 Å². The van der Waals surface area contributed by atoms with Crippen LogP contribution < -0.4 is 4.90 Å². The molecule has 28 heavy (non-hydrogen) atoms. The Hall–Kier alpha value is -2.54. The van der Waals surface area contributed by atoms with Gasteiger partial charge in [-0.1, -0.05) is 41.4 Å². The van der Waals surface area contributed by atoms with Gasteiger partial charge in [0.15, 0.2) is 0 Å². The molecule has 1 aliphatic heterocycles. The summed E-state index contributed by atoms with van der Waals surface area (Å²) >= 11 is 6.00. The van der Waals surface area contributed by atoms with Gasteiger partial charge in [-0.3, -0.25) is 4.79 Å². The lowest BCUT2D eigenvalue weighted by molar-refractivity contribution is -0.137. The van der Waals surface area contributed by atoms with E-state index in [9.17, 15) is 18.0 Å². The van der Waals surface area contributed by atoms with Crippen LogP contribution >= 0.6 is 11.6 Å². The molecule has 1 amide bonds. The lowest BCUT2D eigenvalue weighted by atomic mass is 10.1. The molecule has 1 saturated heterocycles. The molecule has 0 aliphatic carbocycles. The number of benzene rings is 1. The minimum Gasteiger partial charge on any atom is -0.352 e. The van der Waals surface area contributed by atoms with Crippen LogP contribution in [-0.2, 0) is 11.0 Å². The number of carbonyl (C=O) groups is 1. The summed E-state index contributed by atoms with van der Waals surface area (Å²) in [4.78, 5) is 19.7. The van der Waals surface area contributed by atoms with Crippen molar-refractivity contribution in [1.82, 2.24) is 9.88 Å². The van der Waals surface area contributed by atoms with Crippen LogP contribution in [0, 0.1) is 6.92 Å². The van der Waals surface area contributed by atoms with Crippen LogP contribution in [0.3, 0.4) is 0 Å². The van der Waals surface area contributed by atoms with E-state index in [1.165, 1.54) is 6.08 Å². The molecule has 0 atom stereocenters. The van der Waals surface area contributed by atoms with Crippen molar-refractivity contribution in [3.8, 4) is 0 Å². The van der Waals surface area contributed by atoms with E-state index in [4.69, 9.17) is 11.6 Å². The summed E-state index contributed by atoms with van der Waals surface area (Å²) in [6, 6.07) is 8.71. The van der Waals surface area contributed by atoms with Crippen molar-refractivity contribution in [3.05, 3.63) is 64.3 Å². The van der Waals surface area contributed by atoms with Crippen molar-refractivity contribution < 1.29 is 18.0 Å². The van der Waals surface area contributed by atoms with E-state index in [0.717, 1.165) is 23.4 Å². The normalized spacial score (nSPS) is 15.3. The van der Waals surface area contributed by atoms with E-state index in [0.29, 0.717) is 32.0 Å². The Balaban J connectivity index is 1.59. The molecule has 2 heterocycles. The number of alkyl halides is 3. The second-order valence-corrected chi connectivity index (χ2v) is 6.99. The Kier molecular flexibility index (Phi) is 5.93. The number of anilines is 1. The zero-order valence-electron chi connectivity index (χ0n) is 15.2. The van der Waals surface area contributed by atoms with Gasteiger partial charge in [0.05, 0.1) is 10.6 Å². The van der Waals surface area contributed by atoms with Gasteiger partial charge < -0.3 is 9.80 Å². The van der Waals surface area contributed by atoms with Gasteiger partial charge in [-0.15, -0.1) is 0 Å². The highest BCUT2D eigenvalue weighted by molar-refractivity contribution is 6.33. The van der Waals surface area contributed by atoms with E-state index >= 15 is 0 Å². The molecule has 0 spiro atoms. The third kappa shape index (κ3) is 4.84. The molecule has 3 rings (SSSR count). The number of hydrogen-bond acceptors (Lipinski definition) is 3. The first-order valence-electron chi connectivity index (χ1n) is 8.75. The summed E-state index contributed by atoms with van der Waals surface area (Å²) in [7, 11) is 0. The van der Waals surface area contributed by atoms with Crippen LogP contribution in [0.4, 0.5) is 19.0 Å². The number of hydrogen-bond donors (Lipinski definition) is 0. The Bertz CT molecular complexity index is 873. The second kappa shape index (κ2) is 8.22. The van der Waals surface area contributed by atoms with Crippen molar-refractivity contribution in [1.29, 1.82) is 0 Å². The van der Waals surface area contributed by atoms with Gasteiger partial charge in [-0.05, 0) is 24.6 Å². The minimum absolute atomic E-state index is 0.0473. The molecule has 1 aromatic carbocycles. The molecule has 0 bridgehead atoms. The van der Waals surface area contributed by atoms with E-state index in [1.54, 1.807) is 15.9 Å². The molecule has 0 radical (unpaired) electrons. The maximum absolute atomic E-state index is 12.7. The van der Waals surface area contributed by atoms with Crippen LogP contribution in [0.15, 0.2) is 42.6 Å². The van der Waals surface area contributed by atoms with Crippen molar-refractivity contribution in [2.24, 2.45) is 0 Å². The Morgan fingerprint density at radius 1 is 1.14 bits per heavy atom. The number of halogens is 4. The predicted octanol–water partition coefficient (Wildman–Crippen LogP) is 4.42. The molecule has 0 N–H and O–H groups in total. The molecular formula is C20H19ClF3N3O. The first-order valence-corrected chi connectivity index (χ1v) is 9.13. The Labute approximate surface area is 166 Å². The third-order valence-electron chi connectivity index (χ3n) is 4.54. The van der Waals surface area contributed by atoms with Crippen LogP contribution in [0.1, 0.15) is 16.7 Å². The maximum Gasteiger partial charge on any atom is 0.417 e.